The second-order valence-corrected chi connectivity index (χ2v) is 5.89. The number of nitrogens with one attached hydrogen (secondary N) is 1. The molecule has 1 aromatic rings. The van der Waals surface area contributed by atoms with Crippen LogP contribution in [0.3, 0.4) is 0 Å². The average Bonchev–Trinajstić information content (AvgIpc) is 2.37. The van der Waals surface area contributed by atoms with Gasteiger partial charge in [0, 0.05) is 30.2 Å². The smallest absolute Gasteiger partial charge is 0.227 e. The Kier molecular flexibility index (Phi) is 7.10. The van der Waals surface area contributed by atoms with Gasteiger partial charge in [0.2, 0.25) is 5.91 Å². The molecule has 2 rings (SSSR count). The molecule has 0 unspecified atom stereocenters. The Morgan fingerprint density at radius 1 is 1.35 bits per heavy atom. The zero-order chi connectivity index (χ0) is 13.8. The van der Waals surface area contributed by atoms with Crippen molar-refractivity contribution < 1.29 is 4.79 Å². The quantitative estimate of drug-likeness (QED) is 0.917. The lowest BCUT2D eigenvalue weighted by Gasteiger charge is -2.27. The second-order valence-electron chi connectivity index (χ2n) is 5.02. The van der Waals surface area contributed by atoms with Crippen LogP contribution in [-0.4, -0.2) is 30.9 Å². The van der Waals surface area contributed by atoms with Crippen LogP contribution in [0.2, 0.25) is 10.0 Å². The third-order valence-corrected chi connectivity index (χ3v) is 3.80. The van der Waals surface area contributed by atoms with Crippen LogP contribution < -0.4 is 5.32 Å². The molecular formula is C14H19Cl3N2O. The summed E-state index contributed by atoms with van der Waals surface area (Å²) in [7, 11) is 1.83. The van der Waals surface area contributed by atoms with E-state index in [1.165, 1.54) is 0 Å². The topological polar surface area (TPSA) is 32.3 Å². The number of carbonyl (C=O) groups excluding carboxylic acids is 1. The van der Waals surface area contributed by atoms with E-state index in [0.717, 1.165) is 31.5 Å². The molecular weight excluding hydrogens is 319 g/mol. The van der Waals surface area contributed by atoms with Gasteiger partial charge in [-0.1, -0.05) is 23.2 Å². The van der Waals surface area contributed by atoms with Crippen LogP contribution >= 0.6 is 35.6 Å². The van der Waals surface area contributed by atoms with E-state index >= 15 is 0 Å². The summed E-state index contributed by atoms with van der Waals surface area (Å²) in [5.74, 6) is 0.275. The Labute approximate surface area is 136 Å². The first kappa shape index (κ1) is 17.6. The molecule has 1 heterocycles. The number of hydrogen-bond donors (Lipinski definition) is 1. The molecule has 3 nitrogen and oxygen atoms in total. The van der Waals surface area contributed by atoms with Gasteiger partial charge in [-0.2, -0.15) is 0 Å². The number of hydrogen-bond acceptors (Lipinski definition) is 2. The minimum atomic E-state index is 0. The summed E-state index contributed by atoms with van der Waals surface area (Å²) in [5, 5.41) is 4.46. The summed E-state index contributed by atoms with van der Waals surface area (Å²) in [5.41, 5.74) is 0.956. The Morgan fingerprint density at radius 2 is 2.00 bits per heavy atom. The van der Waals surface area contributed by atoms with E-state index in [-0.39, 0.29) is 24.2 Å². The van der Waals surface area contributed by atoms with E-state index in [2.05, 4.69) is 5.32 Å². The highest BCUT2D eigenvalue weighted by Crippen LogP contribution is 2.21. The highest BCUT2D eigenvalue weighted by atomic mass is 35.5. The molecule has 1 aliphatic rings. The van der Waals surface area contributed by atoms with Gasteiger partial charge in [-0.05, 0) is 43.1 Å². The number of halogens is 3. The van der Waals surface area contributed by atoms with Crippen LogP contribution in [0.4, 0.5) is 0 Å². The molecule has 0 bridgehead atoms. The zero-order valence-corrected chi connectivity index (χ0v) is 13.7. The monoisotopic (exact) mass is 336 g/mol. The fraction of sp³-hybridized carbons (Fsp3) is 0.500. The van der Waals surface area contributed by atoms with Gasteiger partial charge >= 0.3 is 0 Å². The molecule has 1 N–H and O–H groups in total. The minimum Gasteiger partial charge on any atom is -0.341 e. The van der Waals surface area contributed by atoms with Gasteiger partial charge in [-0.3, -0.25) is 4.79 Å². The molecule has 1 aliphatic heterocycles. The summed E-state index contributed by atoms with van der Waals surface area (Å²) in [6, 6.07) is 5.38. The van der Waals surface area contributed by atoms with E-state index in [1.54, 1.807) is 11.0 Å². The first-order valence-electron chi connectivity index (χ1n) is 6.47. The lowest BCUT2D eigenvalue weighted by atomic mass is 9.98. The molecule has 0 saturated carbocycles. The highest BCUT2D eigenvalue weighted by molar-refractivity contribution is 6.34. The van der Waals surface area contributed by atoms with Crippen molar-refractivity contribution in [3.8, 4) is 0 Å². The van der Waals surface area contributed by atoms with Gasteiger partial charge in [-0.15, -0.1) is 12.4 Å². The first-order chi connectivity index (χ1) is 9.06. The maximum Gasteiger partial charge on any atom is 0.227 e. The normalized spacial score (nSPS) is 18.2. The average molecular weight is 338 g/mol. The molecule has 6 heteroatoms. The maximum absolute atomic E-state index is 12.3. The van der Waals surface area contributed by atoms with Crippen molar-refractivity contribution in [1.29, 1.82) is 0 Å². The van der Waals surface area contributed by atoms with Crippen molar-refractivity contribution >= 4 is 41.5 Å². The number of benzene rings is 1. The van der Waals surface area contributed by atoms with Crippen molar-refractivity contribution in [1.82, 2.24) is 10.2 Å². The Hall–Kier alpha value is -0.480. The molecule has 20 heavy (non-hydrogen) atoms. The summed E-state index contributed by atoms with van der Waals surface area (Å²) in [4.78, 5) is 14.0. The molecule has 0 spiro atoms. The van der Waals surface area contributed by atoms with Gasteiger partial charge in [-0.25, -0.2) is 0 Å². The van der Waals surface area contributed by atoms with Crippen LogP contribution in [-0.2, 0) is 11.3 Å². The zero-order valence-electron chi connectivity index (χ0n) is 11.4. The van der Waals surface area contributed by atoms with E-state index < -0.39 is 0 Å². The molecule has 1 aromatic carbocycles. The fourth-order valence-electron chi connectivity index (χ4n) is 2.43. The summed E-state index contributed by atoms with van der Waals surface area (Å²) in [6.45, 7) is 2.33. The predicted octanol–water partition coefficient (Wildman–Crippen LogP) is 3.37. The fourth-order valence-corrected chi connectivity index (χ4v) is 3.00. The lowest BCUT2D eigenvalue weighted by molar-refractivity contribution is -0.135. The van der Waals surface area contributed by atoms with E-state index in [0.29, 0.717) is 16.6 Å². The van der Waals surface area contributed by atoms with Crippen LogP contribution in [0.1, 0.15) is 18.4 Å². The Balaban J connectivity index is 0.00000200. The molecule has 0 aromatic heterocycles. The molecule has 1 amide bonds. The van der Waals surface area contributed by atoms with Crippen LogP contribution in [0.5, 0.6) is 0 Å². The molecule has 1 fully saturated rings. The Bertz CT molecular complexity index is 441. The number of piperidine rings is 1. The predicted molar refractivity (Wildman–Crippen MR) is 85.8 cm³/mol. The van der Waals surface area contributed by atoms with Crippen LogP contribution in [0.25, 0.3) is 0 Å². The van der Waals surface area contributed by atoms with Crippen molar-refractivity contribution in [2.24, 2.45) is 5.92 Å². The molecule has 1 atom stereocenters. The third-order valence-electron chi connectivity index (χ3n) is 3.36. The molecule has 1 saturated heterocycles. The van der Waals surface area contributed by atoms with Gasteiger partial charge in [0.1, 0.15) is 0 Å². The second kappa shape index (κ2) is 8.08. The maximum atomic E-state index is 12.3. The van der Waals surface area contributed by atoms with Crippen molar-refractivity contribution in [2.45, 2.75) is 19.4 Å². The highest BCUT2D eigenvalue weighted by Gasteiger charge is 2.23. The summed E-state index contributed by atoms with van der Waals surface area (Å²) in [6.07, 6.45) is 2.03. The molecule has 0 aliphatic carbocycles. The van der Waals surface area contributed by atoms with Crippen molar-refractivity contribution in [3.63, 3.8) is 0 Å². The number of amides is 1. The molecule has 0 radical (unpaired) electrons. The van der Waals surface area contributed by atoms with Gasteiger partial charge < -0.3 is 10.2 Å². The third kappa shape index (κ3) is 4.81. The summed E-state index contributed by atoms with van der Waals surface area (Å²) >= 11 is 11.9. The van der Waals surface area contributed by atoms with E-state index in [9.17, 15) is 4.79 Å². The summed E-state index contributed by atoms with van der Waals surface area (Å²) < 4.78 is 0. The Morgan fingerprint density at radius 3 is 2.55 bits per heavy atom. The van der Waals surface area contributed by atoms with Gasteiger partial charge in [0.15, 0.2) is 0 Å². The lowest BCUT2D eigenvalue weighted by Crippen LogP contribution is -2.41. The SMILES string of the molecule is CN(Cc1cc(Cl)cc(Cl)c1)C(=O)[C@@H]1CCCNC1.Cl. The van der Waals surface area contributed by atoms with Crippen molar-refractivity contribution in [2.75, 3.05) is 20.1 Å². The van der Waals surface area contributed by atoms with Gasteiger partial charge in [0.05, 0.1) is 5.92 Å². The number of carbonyl (C=O) groups is 1. The van der Waals surface area contributed by atoms with E-state index in [4.69, 9.17) is 23.2 Å². The van der Waals surface area contributed by atoms with Gasteiger partial charge in [0.25, 0.3) is 0 Å². The van der Waals surface area contributed by atoms with E-state index in [1.807, 2.05) is 19.2 Å². The number of rotatable bonds is 3. The first-order valence-corrected chi connectivity index (χ1v) is 7.22. The largest absolute Gasteiger partial charge is 0.341 e. The molecule has 112 valence electrons. The number of nitrogens with zero attached hydrogens (tertiary/aromatic N) is 1. The van der Waals surface area contributed by atoms with Crippen LogP contribution in [0, 0.1) is 5.92 Å². The van der Waals surface area contributed by atoms with Crippen LogP contribution in [0.15, 0.2) is 18.2 Å². The minimum absolute atomic E-state index is 0. The standard InChI is InChI=1S/C14H18Cl2N2O.ClH/c1-18(14(19)11-3-2-4-17-8-11)9-10-5-12(15)7-13(16)6-10;/h5-7,11,17H,2-4,8-9H2,1H3;1H/t11-;/m1./s1. The van der Waals surface area contributed by atoms with Crippen molar-refractivity contribution in [3.05, 3.63) is 33.8 Å².